The highest BCUT2D eigenvalue weighted by atomic mass is 16.2. The Bertz CT molecular complexity index is 537. The Morgan fingerprint density at radius 1 is 1.29 bits per heavy atom. The van der Waals surface area contributed by atoms with Gasteiger partial charge in [0.05, 0.1) is 5.69 Å². The summed E-state index contributed by atoms with van der Waals surface area (Å²) in [6, 6.07) is 0.317. The first-order valence-corrected chi connectivity index (χ1v) is 7.99. The van der Waals surface area contributed by atoms with Crippen LogP contribution in [0.4, 0.5) is 0 Å². The molecule has 1 aliphatic carbocycles. The van der Waals surface area contributed by atoms with E-state index in [0.29, 0.717) is 24.3 Å². The molecule has 116 valence electrons. The van der Waals surface area contributed by atoms with E-state index in [2.05, 4.69) is 12.0 Å². The van der Waals surface area contributed by atoms with Crippen LogP contribution >= 0.6 is 0 Å². The van der Waals surface area contributed by atoms with Crippen LogP contribution in [-0.4, -0.2) is 39.7 Å². The van der Waals surface area contributed by atoms with Gasteiger partial charge in [0.25, 0.3) is 0 Å². The highest BCUT2D eigenvalue weighted by molar-refractivity contribution is 5.76. The van der Waals surface area contributed by atoms with E-state index in [1.54, 1.807) is 0 Å². The first-order chi connectivity index (χ1) is 9.97. The summed E-state index contributed by atoms with van der Waals surface area (Å²) in [5.41, 5.74) is 9.64. The summed E-state index contributed by atoms with van der Waals surface area (Å²) in [7, 11) is 1.96. The lowest BCUT2D eigenvalue weighted by molar-refractivity contribution is -0.133. The highest BCUT2D eigenvalue weighted by Crippen LogP contribution is 2.35. The van der Waals surface area contributed by atoms with Crippen molar-refractivity contribution in [3.05, 3.63) is 17.0 Å². The lowest BCUT2D eigenvalue weighted by Crippen LogP contribution is -2.50. The summed E-state index contributed by atoms with van der Waals surface area (Å²) in [6.45, 7) is 5.82. The average molecular weight is 290 g/mol. The summed E-state index contributed by atoms with van der Waals surface area (Å²) >= 11 is 0. The Morgan fingerprint density at radius 3 is 2.43 bits per heavy atom. The fourth-order valence-corrected chi connectivity index (χ4v) is 4.04. The molecule has 5 nitrogen and oxygen atoms in total. The predicted molar refractivity (Wildman–Crippen MR) is 81.8 cm³/mol. The van der Waals surface area contributed by atoms with Crippen molar-refractivity contribution >= 4 is 5.91 Å². The van der Waals surface area contributed by atoms with Crippen molar-refractivity contribution in [1.82, 2.24) is 14.7 Å². The number of hydrogen-bond donors (Lipinski definition) is 1. The fourth-order valence-electron chi connectivity index (χ4n) is 4.04. The van der Waals surface area contributed by atoms with Gasteiger partial charge in [0.15, 0.2) is 0 Å². The van der Waals surface area contributed by atoms with Gasteiger partial charge in [-0.15, -0.1) is 0 Å². The summed E-state index contributed by atoms with van der Waals surface area (Å²) < 4.78 is 1.90. The molecule has 2 aliphatic rings. The maximum Gasteiger partial charge on any atom is 0.222 e. The molecule has 0 radical (unpaired) electrons. The van der Waals surface area contributed by atoms with Crippen LogP contribution < -0.4 is 5.73 Å². The summed E-state index contributed by atoms with van der Waals surface area (Å²) in [5.74, 6) is 1.32. The third-order valence-electron chi connectivity index (χ3n) is 5.51. The number of carbonyl (C=O) groups excluding carboxylic acids is 1. The number of likely N-dealkylation sites (tertiary alicyclic amines) is 1. The van der Waals surface area contributed by atoms with E-state index in [1.807, 2.05) is 23.6 Å². The lowest BCUT2D eigenvalue weighted by atomic mass is 9.92. The van der Waals surface area contributed by atoms with E-state index >= 15 is 0 Å². The number of amides is 1. The molecule has 0 aromatic carbocycles. The van der Waals surface area contributed by atoms with E-state index in [1.165, 1.54) is 24.1 Å². The summed E-state index contributed by atoms with van der Waals surface area (Å²) in [6.07, 6.45) is 3.76. The van der Waals surface area contributed by atoms with Crippen LogP contribution in [0.15, 0.2) is 0 Å². The van der Waals surface area contributed by atoms with Crippen molar-refractivity contribution in [3.8, 4) is 0 Å². The van der Waals surface area contributed by atoms with Crippen LogP contribution in [0.2, 0.25) is 0 Å². The molecule has 2 fully saturated rings. The molecule has 1 unspecified atom stereocenters. The van der Waals surface area contributed by atoms with Crippen LogP contribution in [0.25, 0.3) is 0 Å². The minimum Gasteiger partial charge on any atom is -0.342 e. The van der Waals surface area contributed by atoms with Gasteiger partial charge < -0.3 is 10.6 Å². The van der Waals surface area contributed by atoms with Crippen molar-refractivity contribution in [1.29, 1.82) is 0 Å². The number of fused-ring (bicyclic) bond motifs is 2. The second-order valence-electron chi connectivity index (χ2n) is 6.75. The smallest absolute Gasteiger partial charge is 0.222 e. The summed E-state index contributed by atoms with van der Waals surface area (Å²) in [5, 5.41) is 4.42. The molecule has 2 heterocycles. The van der Waals surface area contributed by atoms with Gasteiger partial charge in [-0.05, 0) is 50.5 Å². The molecular formula is C16H26N4O. The predicted octanol–water partition coefficient (Wildman–Crippen LogP) is 1.17. The van der Waals surface area contributed by atoms with Crippen molar-refractivity contribution in [2.24, 2.45) is 24.6 Å². The molecule has 5 heteroatoms. The molecular weight excluding hydrogens is 264 g/mol. The summed E-state index contributed by atoms with van der Waals surface area (Å²) in [4.78, 5) is 14.5. The van der Waals surface area contributed by atoms with Gasteiger partial charge in [-0.3, -0.25) is 9.48 Å². The minimum atomic E-state index is 0.279. The largest absolute Gasteiger partial charge is 0.342 e. The Kier molecular flexibility index (Phi) is 3.78. The Morgan fingerprint density at radius 2 is 1.90 bits per heavy atom. The zero-order valence-corrected chi connectivity index (χ0v) is 13.3. The molecule has 1 amide bonds. The third kappa shape index (κ3) is 2.59. The Labute approximate surface area is 126 Å². The van der Waals surface area contributed by atoms with Crippen LogP contribution in [0.1, 0.15) is 36.2 Å². The molecule has 1 aromatic rings. The van der Waals surface area contributed by atoms with E-state index in [-0.39, 0.29) is 5.91 Å². The quantitative estimate of drug-likeness (QED) is 0.908. The number of aromatic nitrogens is 2. The number of hydrogen-bond acceptors (Lipinski definition) is 3. The second kappa shape index (κ2) is 5.44. The van der Waals surface area contributed by atoms with E-state index < -0.39 is 0 Å². The number of nitrogens with zero attached hydrogens (tertiary/aromatic N) is 3. The van der Waals surface area contributed by atoms with Gasteiger partial charge in [0, 0.05) is 38.3 Å². The fraction of sp³-hybridized carbons (Fsp3) is 0.750. The first kappa shape index (κ1) is 14.6. The number of rotatable bonds is 3. The number of aryl methyl sites for hydroxylation is 2. The van der Waals surface area contributed by atoms with Crippen molar-refractivity contribution < 1.29 is 4.79 Å². The molecule has 1 aliphatic heterocycles. The van der Waals surface area contributed by atoms with Crippen LogP contribution in [0.3, 0.4) is 0 Å². The van der Waals surface area contributed by atoms with E-state index in [9.17, 15) is 4.79 Å². The molecule has 21 heavy (non-hydrogen) atoms. The van der Waals surface area contributed by atoms with Crippen LogP contribution in [0.5, 0.6) is 0 Å². The van der Waals surface area contributed by atoms with Gasteiger partial charge in [-0.25, -0.2) is 0 Å². The first-order valence-electron chi connectivity index (χ1n) is 7.99. The molecule has 2 N–H and O–H groups in total. The minimum absolute atomic E-state index is 0.279. The Hall–Kier alpha value is -1.36. The van der Waals surface area contributed by atoms with Crippen molar-refractivity contribution in [2.45, 2.75) is 45.6 Å². The standard InChI is InChI=1S/C16H26N4O/c1-10-14(11(2)19(3)18-10)6-7-15(21)20-8-12-4-5-13(9-20)16(12)17/h12-13,16H,4-9,17H2,1-3H3/t12-,13+,16?. The molecule has 1 saturated heterocycles. The maximum absolute atomic E-state index is 12.5. The van der Waals surface area contributed by atoms with Gasteiger partial charge in [-0.1, -0.05) is 0 Å². The molecule has 2 bridgehead atoms. The number of carbonyl (C=O) groups is 1. The second-order valence-corrected chi connectivity index (χ2v) is 6.75. The average Bonchev–Trinajstić information content (AvgIpc) is 2.81. The number of piperidine rings is 1. The van der Waals surface area contributed by atoms with E-state index in [0.717, 1.165) is 25.2 Å². The van der Waals surface area contributed by atoms with Gasteiger partial charge in [-0.2, -0.15) is 5.10 Å². The lowest BCUT2D eigenvalue weighted by Gasteiger charge is -2.36. The molecule has 0 spiro atoms. The normalized spacial score (nSPS) is 28.2. The van der Waals surface area contributed by atoms with Crippen molar-refractivity contribution in [2.75, 3.05) is 13.1 Å². The van der Waals surface area contributed by atoms with Crippen molar-refractivity contribution in [3.63, 3.8) is 0 Å². The van der Waals surface area contributed by atoms with Gasteiger partial charge in [0.2, 0.25) is 5.91 Å². The maximum atomic E-state index is 12.5. The van der Waals surface area contributed by atoms with Gasteiger partial charge >= 0.3 is 0 Å². The van der Waals surface area contributed by atoms with Gasteiger partial charge in [0.1, 0.15) is 0 Å². The zero-order valence-electron chi connectivity index (χ0n) is 13.3. The SMILES string of the molecule is Cc1nn(C)c(C)c1CCC(=O)N1C[C@H]2CC[C@@H](C1)C2N. The molecule has 3 atom stereocenters. The third-order valence-corrected chi connectivity index (χ3v) is 5.51. The molecule has 3 rings (SSSR count). The topological polar surface area (TPSA) is 64.2 Å². The van der Waals surface area contributed by atoms with Crippen LogP contribution in [-0.2, 0) is 18.3 Å². The van der Waals surface area contributed by atoms with E-state index in [4.69, 9.17) is 5.73 Å². The zero-order chi connectivity index (χ0) is 15.1. The van der Waals surface area contributed by atoms with Crippen LogP contribution in [0, 0.1) is 25.7 Å². The molecule has 1 aromatic heterocycles. The molecule has 1 saturated carbocycles. The monoisotopic (exact) mass is 290 g/mol. The highest BCUT2D eigenvalue weighted by Gasteiger charge is 2.40. The number of nitrogens with two attached hydrogens (primary N) is 1. The Balaban J connectivity index is 1.60.